The topological polar surface area (TPSA) is 61.1 Å². The lowest BCUT2D eigenvalue weighted by Crippen LogP contribution is -2.46. The zero-order valence-electron chi connectivity index (χ0n) is 8.62. The fourth-order valence-corrected chi connectivity index (χ4v) is 2.28. The van der Waals surface area contributed by atoms with E-state index >= 15 is 0 Å². The van der Waals surface area contributed by atoms with Crippen LogP contribution in [0.25, 0.3) is 0 Å². The van der Waals surface area contributed by atoms with Gasteiger partial charge in [0.1, 0.15) is 6.29 Å². The van der Waals surface area contributed by atoms with Gasteiger partial charge in [0.25, 0.3) is 0 Å². The summed E-state index contributed by atoms with van der Waals surface area (Å²) < 4.78 is 0. The van der Waals surface area contributed by atoms with E-state index in [1.807, 2.05) is 0 Å². The van der Waals surface area contributed by atoms with E-state index in [0.717, 1.165) is 19.3 Å². The molecule has 78 valence electrons. The fraction of sp³-hybridized carbons (Fsp3) is 0.818. The molecule has 1 aliphatic carbocycles. The molecule has 1 rings (SSSR count). The second kappa shape index (κ2) is 4.10. The summed E-state index contributed by atoms with van der Waals surface area (Å²) in [6.45, 7) is 1.61. The maximum absolute atomic E-state index is 10.5. The van der Waals surface area contributed by atoms with E-state index in [2.05, 4.69) is 6.07 Å². The lowest BCUT2D eigenvalue weighted by atomic mass is 9.64. The molecule has 1 atom stereocenters. The van der Waals surface area contributed by atoms with Gasteiger partial charge in [0.15, 0.2) is 0 Å². The summed E-state index contributed by atoms with van der Waals surface area (Å²) in [6.07, 6.45) is 5.26. The van der Waals surface area contributed by atoms with Crippen molar-refractivity contribution in [3.05, 3.63) is 0 Å². The van der Waals surface area contributed by atoms with Gasteiger partial charge in [0, 0.05) is 6.42 Å². The van der Waals surface area contributed by atoms with Crippen molar-refractivity contribution in [3.63, 3.8) is 0 Å². The number of aldehydes is 1. The Morgan fingerprint density at radius 2 is 2.07 bits per heavy atom. The molecule has 0 radical (unpaired) electrons. The Morgan fingerprint density at radius 1 is 1.50 bits per heavy atom. The first kappa shape index (κ1) is 11.2. The summed E-state index contributed by atoms with van der Waals surface area (Å²) in [7, 11) is 0. The van der Waals surface area contributed by atoms with E-state index in [-0.39, 0.29) is 6.42 Å². The van der Waals surface area contributed by atoms with Crippen LogP contribution in [-0.2, 0) is 4.79 Å². The third-order valence-corrected chi connectivity index (χ3v) is 3.43. The Labute approximate surface area is 84.7 Å². The minimum Gasteiger partial charge on any atom is -0.388 e. The number of nitriles is 1. The molecular formula is C11H17NO2. The van der Waals surface area contributed by atoms with Crippen LogP contribution in [0.1, 0.15) is 45.4 Å². The summed E-state index contributed by atoms with van der Waals surface area (Å²) in [4.78, 5) is 10.5. The summed E-state index contributed by atoms with van der Waals surface area (Å²) in [6, 6.07) is 2.23. The van der Waals surface area contributed by atoms with Crippen molar-refractivity contribution in [1.82, 2.24) is 0 Å². The quantitative estimate of drug-likeness (QED) is 0.698. The second-order valence-electron chi connectivity index (χ2n) is 4.40. The molecule has 1 saturated carbocycles. The number of hydrogen-bond donors (Lipinski definition) is 1. The highest BCUT2D eigenvalue weighted by molar-refractivity contribution is 5.52. The summed E-state index contributed by atoms with van der Waals surface area (Å²) in [5.41, 5.74) is -1.86. The summed E-state index contributed by atoms with van der Waals surface area (Å²) >= 11 is 0. The first-order valence-corrected chi connectivity index (χ1v) is 5.15. The Balaban J connectivity index is 2.87. The number of rotatable bonds is 3. The molecule has 0 spiro atoms. The maximum atomic E-state index is 10.5. The van der Waals surface area contributed by atoms with Crippen LogP contribution in [0.4, 0.5) is 0 Å². The molecule has 0 saturated heterocycles. The van der Waals surface area contributed by atoms with Crippen molar-refractivity contribution in [2.45, 2.75) is 51.0 Å². The molecule has 0 aliphatic heterocycles. The highest BCUT2D eigenvalue weighted by atomic mass is 16.3. The van der Waals surface area contributed by atoms with Gasteiger partial charge < -0.3 is 9.90 Å². The summed E-state index contributed by atoms with van der Waals surface area (Å²) in [5.74, 6) is 0. The van der Waals surface area contributed by atoms with E-state index in [1.165, 1.54) is 0 Å². The van der Waals surface area contributed by atoms with Crippen molar-refractivity contribution in [2.24, 2.45) is 5.41 Å². The standard InChI is InChI=1S/C11H17NO2/c1-10(14,7-8-13)11(9-12)5-3-2-4-6-11/h8,14H,2-7H2,1H3. The molecule has 3 heteroatoms. The predicted molar refractivity (Wildman–Crippen MR) is 52.4 cm³/mol. The lowest BCUT2D eigenvalue weighted by molar-refractivity contribution is -0.118. The van der Waals surface area contributed by atoms with Crippen LogP contribution in [0.2, 0.25) is 0 Å². The number of hydrogen-bond acceptors (Lipinski definition) is 3. The van der Waals surface area contributed by atoms with Crippen LogP contribution >= 0.6 is 0 Å². The van der Waals surface area contributed by atoms with Gasteiger partial charge >= 0.3 is 0 Å². The first-order valence-electron chi connectivity index (χ1n) is 5.15. The molecule has 0 aromatic rings. The molecule has 1 N–H and O–H groups in total. The van der Waals surface area contributed by atoms with Crippen LogP contribution in [0.5, 0.6) is 0 Å². The van der Waals surface area contributed by atoms with Crippen LogP contribution in [-0.4, -0.2) is 17.0 Å². The van der Waals surface area contributed by atoms with Crippen LogP contribution < -0.4 is 0 Å². The van der Waals surface area contributed by atoms with Crippen LogP contribution in [0.3, 0.4) is 0 Å². The van der Waals surface area contributed by atoms with Crippen molar-refractivity contribution >= 4 is 6.29 Å². The SMILES string of the molecule is CC(O)(CC=O)C1(C#N)CCCCC1. The fourth-order valence-electron chi connectivity index (χ4n) is 2.28. The zero-order chi connectivity index (χ0) is 10.7. The Morgan fingerprint density at radius 3 is 2.50 bits per heavy atom. The van der Waals surface area contributed by atoms with Crippen molar-refractivity contribution in [1.29, 1.82) is 5.26 Å². The monoisotopic (exact) mass is 195 g/mol. The molecule has 1 unspecified atom stereocenters. The highest BCUT2D eigenvalue weighted by Crippen LogP contribution is 2.45. The summed E-state index contributed by atoms with van der Waals surface area (Å²) in [5, 5.41) is 19.3. The van der Waals surface area contributed by atoms with Gasteiger partial charge in [-0.1, -0.05) is 19.3 Å². The van der Waals surface area contributed by atoms with Crippen LogP contribution in [0.15, 0.2) is 0 Å². The first-order chi connectivity index (χ1) is 6.58. The smallest absolute Gasteiger partial charge is 0.122 e. The molecule has 3 nitrogen and oxygen atoms in total. The molecule has 0 aromatic carbocycles. The van der Waals surface area contributed by atoms with Gasteiger partial charge in [-0.15, -0.1) is 0 Å². The molecular weight excluding hydrogens is 178 g/mol. The van der Waals surface area contributed by atoms with Gasteiger partial charge in [-0.05, 0) is 19.8 Å². The molecule has 1 fully saturated rings. The zero-order valence-corrected chi connectivity index (χ0v) is 8.62. The lowest BCUT2D eigenvalue weighted by Gasteiger charge is -2.41. The minimum absolute atomic E-state index is 0.0561. The van der Waals surface area contributed by atoms with E-state index < -0.39 is 11.0 Å². The highest BCUT2D eigenvalue weighted by Gasteiger charge is 2.47. The Bertz CT molecular complexity index is 247. The number of carbonyl (C=O) groups is 1. The third-order valence-electron chi connectivity index (χ3n) is 3.43. The van der Waals surface area contributed by atoms with Crippen molar-refractivity contribution in [3.8, 4) is 6.07 Å². The van der Waals surface area contributed by atoms with Crippen molar-refractivity contribution in [2.75, 3.05) is 0 Å². The van der Waals surface area contributed by atoms with Gasteiger partial charge in [-0.2, -0.15) is 5.26 Å². The average molecular weight is 195 g/mol. The van der Waals surface area contributed by atoms with Gasteiger partial charge in [0.2, 0.25) is 0 Å². The number of aliphatic hydroxyl groups is 1. The van der Waals surface area contributed by atoms with E-state index in [0.29, 0.717) is 19.1 Å². The van der Waals surface area contributed by atoms with E-state index in [1.54, 1.807) is 6.92 Å². The third kappa shape index (κ3) is 1.80. The van der Waals surface area contributed by atoms with Crippen molar-refractivity contribution < 1.29 is 9.90 Å². The number of carbonyl (C=O) groups excluding carboxylic acids is 1. The van der Waals surface area contributed by atoms with Gasteiger partial charge in [-0.3, -0.25) is 0 Å². The average Bonchev–Trinajstić information content (AvgIpc) is 2.18. The Kier molecular flexibility index (Phi) is 3.28. The maximum Gasteiger partial charge on any atom is 0.122 e. The molecule has 14 heavy (non-hydrogen) atoms. The largest absolute Gasteiger partial charge is 0.388 e. The molecule has 0 bridgehead atoms. The second-order valence-corrected chi connectivity index (χ2v) is 4.40. The normalized spacial score (nSPS) is 24.6. The molecule has 0 amide bonds. The predicted octanol–water partition coefficient (Wildman–Crippen LogP) is 1.80. The molecule has 0 aromatic heterocycles. The molecule has 1 aliphatic rings. The van der Waals surface area contributed by atoms with Crippen LogP contribution in [0, 0.1) is 16.7 Å². The Hall–Kier alpha value is -0.880. The van der Waals surface area contributed by atoms with Gasteiger partial charge in [0.05, 0.1) is 17.1 Å². The minimum atomic E-state index is -1.16. The van der Waals surface area contributed by atoms with E-state index in [9.17, 15) is 15.2 Å². The molecule has 0 heterocycles. The van der Waals surface area contributed by atoms with E-state index in [4.69, 9.17) is 0 Å². The van der Waals surface area contributed by atoms with Gasteiger partial charge in [-0.25, -0.2) is 0 Å². The number of nitrogens with zero attached hydrogens (tertiary/aromatic N) is 1.